The summed E-state index contributed by atoms with van der Waals surface area (Å²) in [7, 11) is 2.91. The monoisotopic (exact) mass is 742 g/mol. The van der Waals surface area contributed by atoms with Gasteiger partial charge in [-0.05, 0) is 66.3 Å². The lowest BCUT2D eigenvalue weighted by molar-refractivity contribution is -0.143. The quantitative estimate of drug-likeness (QED) is 0.246. The summed E-state index contributed by atoms with van der Waals surface area (Å²) in [5.74, 6) is -0.414. The van der Waals surface area contributed by atoms with Crippen molar-refractivity contribution in [2.75, 3.05) is 44.9 Å². The van der Waals surface area contributed by atoms with Crippen LogP contribution in [0.15, 0.2) is 61.4 Å². The number of carbonyl (C=O) groups excluding carboxylic acids is 3. The van der Waals surface area contributed by atoms with Crippen LogP contribution in [-0.4, -0.2) is 92.9 Å². The number of methoxy groups -OCH3 is 1. The van der Waals surface area contributed by atoms with Crippen molar-refractivity contribution in [3.63, 3.8) is 0 Å². The third-order valence-corrected chi connectivity index (χ3v) is 10.3. The Morgan fingerprint density at radius 3 is 2.56 bits per heavy atom. The molecule has 13 nitrogen and oxygen atoms in total. The molecule has 0 saturated carbocycles. The van der Waals surface area contributed by atoms with Crippen LogP contribution in [0.3, 0.4) is 0 Å². The van der Waals surface area contributed by atoms with Crippen LogP contribution < -0.4 is 15.0 Å². The van der Waals surface area contributed by atoms with Gasteiger partial charge in [-0.2, -0.15) is 18.3 Å². The molecule has 6 heterocycles. The van der Waals surface area contributed by atoms with Gasteiger partial charge in [0.15, 0.2) is 5.69 Å². The molecule has 3 amide bonds. The van der Waals surface area contributed by atoms with Crippen molar-refractivity contribution >= 4 is 34.3 Å². The average Bonchev–Trinajstić information content (AvgIpc) is 3.82. The lowest BCUT2D eigenvalue weighted by Gasteiger charge is -2.41. The first-order chi connectivity index (χ1) is 26.0. The molecule has 3 aliphatic heterocycles. The highest BCUT2D eigenvalue weighted by atomic mass is 19.4. The predicted octanol–water partition coefficient (Wildman–Crippen LogP) is 4.48. The summed E-state index contributed by atoms with van der Waals surface area (Å²) in [6, 6.07) is 8.14. The number of fused-ring (bicyclic) bond motifs is 2. The van der Waals surface area contributed by atoms with Gasteiger partial charge in [0.25, 0.3) is 11.8 Å². The van der Waals surface area contributed by atoms with E-state index in [0.717, 1.165) is 4.68 Å². The van der Waals surface area contributed by atoms with Crippen molar-refractivity contribution in [2.24, 2.45) is 13.0 Å². The molecule has 5 aromatic rings. The number of anilines is 1. The van der Waals surface area contributed by atoms with E-state index in [4.69, 9.17) is 9.47 Å². The normalized spacial score (nSPS) is 16.7. The zero-order valence-electron chi connectivity index (χ0n) is 29.6. The lowest BCUT2D eigenvalue weighted by atomic mass is 9.87. The van der Waals surface area contributed by atoms with E-state index in [0.29, 0.717) is 78.2 Å². The van der Waals surface area contributed by atoms with E-state index in [2.05, 4.69) is 20.4 Å². The van der Waals surface area contributed by atoms with E-state index in [-0.39, 0.29) is 54.1 Å². The number of ether oxygens (including phenoxy) is 2. The SMILES string of the molecule is COc1cc(C(=O)NC2CN(C(=O)C3CCOCC3)C2)c2nccc(N3CCc4c(cc(Cn5ccnc5)cc4-c4cn(C)nc4C(F)(F)F)C3=O)c2c1. The van der Waals surface area contributed by atoms with E-state index in [1.807, 2.05) is 0 Å². The van der Waals surface area contributed by atoms with Crippen molar-refractivity contribution in [3.05, 3.63) is 89.4 Å². The third kappa shape index (κ3) is 6.54. The molecular formula is C38H37F3N8O5. The average molecular weight is 743 g/mol. The van der Waals surface area contributed by atoms with Crippen LogP contribution in [-0.2, 0) is 35.7 Å². The lowest BCUT2D eigenvalue weighted by Crippen LogP contribution is -2.62. The molecule has 16 heteroatoms. The van der Waals surface area contributed by atoms with Gasteiger partial charge in [-0.25, -0.2) is 4.98 Å². The highest BCUT2D eigenvalue weighted by molar-refractivity contribution is 6.15. The van der Waals surface area contributed by atoms with E-state index in [1.54, 1.807) is 63.4 Å². The summed E-state index contributed by atoms with van der Waals surface area (Å²) in [5, 5.41) is 7.24. The first-order valence-electron chi connectivity index (χ1n) is 17.7. The molecule has 0 atom stereocenters. The molecule has 3 aromatic heterocycles. The number of hydrogen-bond donors (Lipinski definition) is 1. The van der Waals surface area contributed by atoms with Crippen molar-refractivity contribution in [1.29, 1.82) is 0 Å². The number of imidazole rings is 1. The molecule has 280 valence electrons. The predicted molar refractivity (Wildman–Crippen MR) is 190 cm³/mol. The number of rotatable bonds is 8. The molecule has 2 aromatic carbocycles. The molecule has 8 rings (SSSR count). The Kier molecular flexibility index (Phi) is 9.08. The summed E-state index contributed by atoms with van der Waals surface area (Å²) >= 11 is 0. The van der Waals surface area contributed by atoms with Crippen molar-refractivity contribution in [3.8, 4) is 16.9 Å². The van der Waals surface area contributed by atoms with Gasteiger partial charge in [-0.1, -0.05) is 0 Å². The molecule has 2 fully saturated rings. The van der Waals surface area contributed by atoms with Gasteiger partial charge in [0.1, 0.15) is 5.75 Å². The van der Waals surface area contributed by atoms with Gasteiger partial charge < -0.3 is 29.2 Å². The van der Waals surface area contributed by atoms with Gasteiger partial charge in [-0.3, -0.25) is 24.0 Å². The number of amides is 3. The molecule has 0 bridgehead atoms. The molecule has 3 aliphatic rings. The van der Waals surface area contributed by atoms with Crippen LogP contribution in [0, 0.1) is 5.92 Å². The number of aromatic nitrogens is 5. The fraction of sp³-hybridized carbons (Fsp3) is 0.368. The third-order valence-electron chi connectivity index (χ3n) is 10.3. The minimum atomic E-state index is -4.71. The molecule has 0 radical (unpaired) electrons. The number of benzene rings is 2. The van der Waals surface area contributed by atoms with Crippen molar-refractivity contribution in [1.82, 2.24) is 34.5 Å². The Bertz CT molecular complexity index is 2260. The molecule has 0 spiro atoms. The smallest absolute Gasteiger partial charge is 0.435 e. The number of likely N-dealkylation sites (tertiary alicyclic amines) is 1. The fourth-order valence-electron chi connectivity index (χ4n) is 7.67. The number of hydrogen-bond acceptors (Lipinski definition) is 8. The van der Waals surface area contributed by atoms with Gasteiger partial charge in [0.2, 0.25) is 5.91 Å². The summed E-state index contributed by atoms with van der Waals surface area (Å²) in [6.45, 7) is 2.36. The van der Waals surface area contributed by atoms with Gasteiger partial charge in [-0.15, -0.1) is 0 Å². The molecule has 2 saturated heterocycles. The maximum atomic E-state index is 14.5. The first kappa shape index (κ1) is 35.3. The number of nitrogens with zero attached hydrogens (tertiary/aromatic N) is 7. The highest BCUT2D eigenvalue weighted by Gasteiger charge is 2.40. The molecule has 0 aliphatic carbocycles. The van der Waals surface area contributed by atoms with Crippen LogP contribution >= 0.6 is 0 Å². The molecule has 0 unspecified atom stereocenters. The summed E-state index contributed by atoms with van der Waals surface area (Å²) in [6.07, 6.45) is 4.70. The second kappa shape index (κ2) is 13.9. The molecule has 1 N–H and O–H groups in total. The summed E-state index contributed by atoms with van der Waals surface area (Å²) in [4.78, 5) is 53.2. The number of halogens is 3. The van der Waals surface area contributed by atoms with E-state index >= 15 is 0 Å². The Labute approximate surface area is 307 Å². The Balaban J connectivity index is 1.12. The second-order valence-corrected chi connectivity index (χ2v) is 13.9. The standard InChI is InChI=1S/C38H37F3N8O5/c1-46-20-31(34(45-46)38(39,40)41)27-13-22(17-47-10-8-42-21-47)14-28-26(27)4-9-49(37(28)52)32-3-7-43-33-29(32)15-25(53-2)16-30(33)35(50)44-24-18-48(19-24)36(51)23-5-11-54-12-6-23/h3,7-8,10,13-16,20-21,23-24H,4-6,9,11-12,17-19H2,1-2H3,(H,44,50). The van der Waals surface area contributed by atoms with Crippen molar-refractivity contribution < 1.29 is 37.0 Å². The zero-order chi connectivity index (χ0) is 37.7. The van der Waals surface area contributed by atoms with Crippen LogP contribution in [0.4, 0.5) is 18.9 Å². The summed E-state index contributed by atoms with van der Waals surface area (Å²) in [5.41, 5.74) is 1.59. The van der Waals surface area contributed by atoms with Crippen LogP contribution in [0.1, 0.15) is 50.4 Å². The minimum absolute atomic E-state index is 0.0626. The number of alkyl halides is 3. The van der Waals surface area contributed by atoms with Gasteiger partial charge in [0, 0.05) is 93.7 Å². The minimum Gasteiger partial charge on any atom is -0.497 e. The fourth-order valence-corrected chi connectivity index (χ4v) is 7.67. The van der Waals surface area contributed by atoms with Crippen LogP contribution in [0.5, 0.6) is 5.75 Å². The Hall–Kier alpha value is -5.77. The second-order valence-electron chi connectivity index (χ2n) is 13.9. The number of pyridine rings is 1. The van der Waals surface area contributed by atoms with Gasteiger partial charge in [0.05, 0.1) is 36.2 Å². The zero-order valence-corrected chi connectivity index (χ0v) is 29.6. The number of nitrogens with one attached hydrogen (secondary N) is 1. The Morgan fingerprint density at radius 1 is 1.06 bits per heavy atom. The van der Waals surface area contributed by atoms with Gasteiger partial charge >= 0.3 is 6.18 Å². The van der Waals surface area contributed by atoms with Crippen molar-refractivity contribution in [2.45, 2.75) is 38.0 Å². The van der Waals surface area contributed by atoms with Crippen LogP contribution in [0.2, 0.25) is 0 Å². The Morgan fingerprint density at radius 2 is 1.83 bits per heavy atom. The maximum Gasteiger partial charge on any atom is 0.435 e. The largest absolute Gasteiger partial charge is 0.497 e. The topological polar surface area (TPSA) is 137 Å². The molecule has 54 heavy (non-hydrogen) atoms. The highest BCUT2D eigenvalue weighted by Crippen LogP contribution is 2.41. The van der Waals surface area contributed by atoms with E-state index in [9.17, 15) is 27.6 Å². The maximum absolute atomic E-state index is 14.5. The van der Waals surface area contributed by atoms with Crippen LogP contribution in [0.25, 0.3) is 22.0 Å². The first-order valence-corrected chi connectivity index (χ1v) is 17.7. The molecular weight excluding hydrogens is 705 g/mol. The van der Waals surface area contributed by atoms with E-state index in [1.165, 1.54) is 26.6 Å². The number of carbonyl (C=O) groups is 3. The van der Waals surface area contributed by atoms with E-state index < -0.39 is 23.7 Å². The number of aryl methyl sites for hydroxylation is 1. The summed E-state index contributed by atoms with van der Waals surface area (Å²) < 4.78 is 56.6.